The summed E-state index contributed by atoms with van der Waals surface area (Å²) in [5.41, 5.74) is 0.0717. The Morgan fingerprint density at radius 2 is 2.21 bits per heavy atom. The number of hydrogen-bond donors (Lipinski definition) is 1. The third-order valence-electron chi connectivity index (χ3n) is 5.02. The van der Waals surface area contributed by atoms with Crippen LogP contribution < -0.4 is 10.1 Å². The molecule has 2 aliphatic rings. The number of carbonyl (C=O) groups is 1. The number of rotatable bonds is 5. The van der Waals surface area contributed by atoms with E-state index in [2.05, 4.69) is 15.2 Å². The van der Waals surface area contributed by atoms with E-state index >= 15 is 0 Å². The summed E-state index contributed by atoms with van der Waals surface area (Å²) in [7, 11) is 0. The second-order valence-corrected chi connectivity index (χ2v) is 7.87. The van der Waals surface area contributed by atoms with Gasteiger partial charge in [0, 0.05) is 41.7 Å². The van der Waals surface area contributed by atoms with Crippen molar-refractivity contribution in [2.75, 3.05) is 26.2 Å². The molecule has 0 saturated carbocycles. The van der Waals surface area contributed by atoms with Crippen LogP contribution in [0.25, 0.3) is 0 Å². The first-order valence-corrected chi connectivity index (χ1v) is 9.37. The van der Waals surface area contributed by atoms with Crippen LogP contribution in [-0.4, -0.2) is 63.0 Å². The van der Waals surface area contributed by atoms with Gasteiger partial charge in [-0.05, 0) is 36.1 Å². The molecule has 1 N–H and O–H groups in total. The molecule has 0 radical (unpaired) electrons. The number of carbonyl (C=O) groups excluding carboxylic acids is 1. The second kappa shape index (κ2) is 7.16. The second-order valence-electron chi connectivity index (χ2n) is 7.43. The van der Waals surface area contributed by atoms with E-state index in [-0.39, 0.29) is 23.7 Å². The highest BCUT2D eigenvalue weighted by molar-refractivity contribution is 6.30. The number of halogens is 1. The molecule has 4 rings (SSSR count). The van der Waals surface area contributed by atoms with Crippen LogP contribution in [0, 0.1) is 10.1 Å². The number of nitrogens with zero attached hydrogens (tertiary/aromatic N) is 4. The van der Waals surface area contributed by atoms with Crippen LogP contribution in [0.15, 0.2) is 30.5 Å². The Bertz CT molecular complexity index is 890. The molecule has 2 atom stereocenters. The number of fused-ring (bicyclic) bond motifs is 1. The average Bonchev–Trinajstić information content (AvgIpc) is 3.17. The number of aromatic nitrogens is 2. The molecule has 28 heavy (non-hydrogen) atoms. The number of piperazine rings is 1. The van der Waals surface area contributed by atoms with E-state index in [0.717, 1.165) is 6.54 Å². The number of ether oxygens (including phenoxy) is 1. The lowest BCUT2D eigenvalue weighted by Gasteiger charge is -2.37. The maximum Gasteiger partial charge on any atom is 0.415 e. The van der Waals surface area contributed by atoms with Crippen molar-refractivity contribution in [3.05, 3.63) is 51.2 Å². The van der Waals surface area contributed by atoms with E-state index < -0.39 is 10.5 Å². The molecule has 1 unspecified atom stereocenters. The summed E-state index contributed by atoms with van der Waals surface area (Å²) in [6.07, 6.45) is 1.39. The Kier molecular flexibility index (Phi) is 4.82. The van der Waals surface area contributed by atoms with Gasteiger partial charge in [0.1, 0.15) is 11.8 Å². The quantitative estimate of drug-likeness (QED) is 0.459. The van der Waals surface area contributed by atoms with E-state index in [1.165, 1.54) is 6.20 Å². The maximum absolute atomic E-state index is 12.8. The van der Waals surface area contributed by atoms with E-state index in [4.69, 9.17) is 16.3 Å². The minimum Gasteiger partial charge on any atom is -0.436 e. The average molecular weight is 406 g/mol. The van der Waals surface area contributed by atoms with Gasteiger partial charge < -0.3 is 20.2 Å². The summed E-state index contributed by atoms with van der Waals surface area (Å²) in [5, 5.41) is 14.7. The lowest BCUT2D eigenvalue weighted by Crippen LogP contribution is -2.57. The molecular formula is C18H20ClN5O4. The maximum atomic E-state index is 12.8. The molecule has 1 saturated heterocycles. The number of Topliss-reactive ketones (excluding diaryl/α,β-unsaturated/α-hetero) is 1. The molecule has 148 valence electrons. The number of hydrogen-bond acceptors (Lipinski definition) is 7. The third-order valence-corrected chi connectivity index (χ3v) is 5.27. The Morgan fingerprint density at radius 1 is 1.46 bits per heavy atom. The summed E-state index contributed by atoms with van der Waals surface area (Å²) >= 11 is 5.90. The monoisotopic (exact) mass is 405 g/mol. The zero-order chi connectivity index (χ0) is 19.9. The largest absolute Gasteiger partial charge is 0.436 e. The van der Waals surface area contributed by atoms with Gasteiger partial charge in [0.25, 0.3) is 0 Å². The number of nitro groups is 1. The van der Waals surface area contributed by atoms with Crippen molar-refractivity contribution in [2.45, 2.75) is 25.1 Å². The van der Waals surface area contributed by atoms with E-state index in [1.807, 2.05) is 6.92 Å². The van der Waals surface area contributed by atoms with Crippen LogP contribution in [0.2, 0.25) is 5.02 Å². The Balaban J connectivity index is 1.40. The van der Waals surface area contributed by atoms with Gasteiger partial charge in [-0.1, -0.05) is 11.6 Å². The predicted octanol–water partition coefficient (Wildman–Crippen LogP) is 1.75. The fourth-order valence-corrected chi connectivity index (χ4v) is 3.91. The van der Waals surface area contributed by atoms with E-state index in [1.54, 1.807) is 28.8 Å². The number of imidazole rings is 1. The molecule has 1 aromatic heterocycles. The molecule has 10 heteroatoms. The summed E-state index contributed by atoms with van der Waals surface area (Å²) in [4.78, 5) is 29.2. The third kappa shape index (κ3) is 3.73. The highest BCUT2D eigenvalue weighted by Crippen LogP contribution is 2.31. The van der Waals surface area contributed by atoms with Crippen molar-refractivity contribution in [3.8, 4) is 6.01 Å². The summed E-state index contributed by atoms with van der Waals surface area (Å²) in [6.45, 7) is 5.05. The molecule has 1 fully saturated rings. The molecule has 2 aromatic rings. The van der Waals surface area contributed by atoms with Gasteiger partial charge in [0.05, 0.1) is 12.6 Å². The normalized spacial score (nSPS) is 24.6. The molecule has 2 aliphatic heterocycles. The minimum atomic E-state index is -0.553. The number of benzene rings is 1. The molecule has 9 nitrogen and oxygen atoms in total. The minimum absolute atomic E-state index is 0.0300. The fourth-order valence-electron chi connectivity index (χ4n) is 3.78. The zero-order valence-corrected chi connectivity index (χ0v) is 16.1. The van der Waals surface area contributed by atoms with Gasteiger partial charge in [0.15, 0.2) is 5.78 Å². The van der Waals surface area contributed by atoms with Crippen LogP contribution in [0.3, 0.4) is 0 Å². The lowest BCUT2D eigenvalue weighted by molar-refractivity contribution is -0.389. The number of ketones is 1. The standard InChI is InChI=1S/C18H20ClN5O4/c1-18(11-23-9-15(24(26)27)21-17(23)28-18)10-22-7-6-20-14(8-22)16(25)12-2-4-13(19)5-3-12/h2-5,9,14,20H,6-8,10-11H2,1H3/t14-,18?/m0/s1. The fraction of sp³-hybridized carbons (Fsp3) is 0.444. The SMILES string of the molecule is CC1(CN2CCN[C@H](C(=O)c3ccc(Cl)cc3)C2)Cn2cc([N+](=O)[O-])nc2O1. The lowest BCUT2D eigenvalue weighted by atomic mass is 10.0. The van der Waals surface area contributed by atoms with Crippen LogP contribution in [0.4, 0.5) is 5.82 Å². The van der Waals surface area contributed by atoms with Crippen molar-refractivity contribution in [1.82, 2.24) is 19.8 Å². The molecule has 3 heterocycles. The first kappa shape index (κ1) is 18.9. The predicted molar refractivity (Wildman–Crippen MR) is 102 cm³/mol. The van der Waals surface area contributed by atoms with Crippen molar-refractivity contribution in [2.24, 2.45) is 0 Å². The molecule has 0 aliphatic carbocycles. The Hall–Kier alpha value is -2.49. The van der Waals surface area contributed by atoms with Gasteiger partial charge in [-0.2, -0.15) is 0 Å². The van der Waals surface area contributed by atoms with Crippen molar-refractivity contribution in [3.63, 3.8) is 0 Å². The van der Waals surface area contributed by atoms with Crippen LogP contribution in [0.5, 0.6) is 6.01 Å². The summed E-state index contributed by atoms with van der Waals surface area (Å²) in [6, 6.07) is 6.85. The van der Waals surface area contributed by atoms with Crippen molar-refractivity contribution >= 4 is 23.2 Å². The summed E-state index contributed by atoms with van der Waals surface area (Å²) < 4.78 is 7.57. The van der Waals surface area contributed by atoms with E-state index in [9.17, 15) is 14.9 Å². The molecule has 1 aromatic carbocycles. The first-order chi connectivity index (χ1) is 13.3. The molecule has 0 bridgehead atoms. The molecule has 0 spiro atoms. The van der Waals surface area contributed by atoms with Crippen molar-refractivity contribution in [1.29, 1.82) is 0 Å². The van der Waals surface area contributed by atoms with Crippen molar-refractivity contribution < 1.29 is 14.5 Å². The zero-order valence-electron chi connectivity index (χ0n) is 15.3. The summed E-state index contributed by atoms with van der Waals surface area (Å²) in [5.74, 6) is -0.185. The smallest absolute Gasteiger partial charge is 0.415 e. The number of nitrogens with one attached hydrogen (secondary N) is 1. The van der Waals surface area contributed by atoms with Gasteiger partial charge in [-0.3, -0.25) is 14.3 Å². The first-order valence-electron chi connectivity index (χ1n) is 8.99. The van der Waals surface area contributed by atoms with Gasteiger partial charge in [-0.15, -0.1) is 0 Å². The topological polar surface area (TPSA) is 103 Å². The Labute approximate surface area is 166 Å². The van der Waals surface area contributed by atoms with Crippen LogP contribution in [0.1, 0.15) is 17.3 Å². The molecular weight excluding hydrogens is 386 g/mol. The van der Waals surface area contributed by atoms with Gasteiger partial charge >= 0.3 is 11.8 Å². The molecule has 0 amide bonds. The highest BCUT2D eigenvalue weighted by atomic mass is 35.5. The van der Waals surface area contributed by atoms with Crippen LogP contribution in [-0.2, 0) is 6.54 Å². The van der Waals surface area contributed by atoms with Crippen LogP contribution >= 0.6 is 11.6 Å². The van der Waals surface area contributed by atoms with Gasteiger partial charge in [-0.25, -0.2) is 0 Å². The highest BCUT2D eigenvalue weighted by Gasteiger charge is 2.42. The van der Waals surface area contributed by atoms with Gasteiger partial charge in [0.2, 0.25) is 0 Å². The Morgan fingerprint density at radius 3 is 2.89 bits per heavy atom. The van der Waals surface area contributed by atoms with E-state index in [0.29, 0.717) is 36.8 Å².